The summed E-state index contributed by atoms with van der Waals surface area (Å²) in [5, 5.41) is 0.840. The molecule has 0 heterocycles. The molecule has 0 fully saturated rings. The standard InChI is InChI=1S/C12H7F3O2/c13-12(14,15)17-11-6-8(7-16)5-9-3-1-2-4-10(9)11/h1-7H. The largest absolute Gasteiger partial charge is 0.573 e. The van der Waals surface area contributed by atoms with Gasteiger partial charge < -0.3 is 4.74 Å². The summed E-state index contributed by atoms with van der Waals surface area (Å²) in [5.41, 5.74) is 0.142. The summed E-state index contributed by atoms with van der Waals surface area (Å²) in [4.78, 5) is 10.6. The van der Waals surface area contributed by atoms with Gasteiger partial charge in [0, 0.05) is 10.9 Å². The molecule has 0 spiro atoms. The zero-order chi connectivity index (χ0) is 12.5. The lowest BCUT2D eigenvalue weighted by Gasteiger charge is -2.11. The van der Waals surface area contributed by atoms with Crippen LogP contribution in [0, 0.1) is 0 Å². The molecule has 2 rings (SSSR count). The van der Waals surface area contributed by atoms with Crippen molar-refractivity contribution in [3.05, 3.63) is 42.0 Å². The van der Waals surface area contributed by atoms with Crippen LogP contribution >= 0.6 is 0 Å². The van der Waals surface area contributed by atoms with Crippen LogP contribution in [0.3, 0.4) is 0 Å². The Kier molecular flexibility index (Phi) is 2.75. The maximum absolute atomic E-state index is 12.2. The van der Waals surface area contributed by atoms with Crippen molar-refractivity contribution in [1.29, 1.82) is 0 Å². The molecule has 0 aromatic heterocycles. The van der Waals surface area contributed by atoms with E-state index >= 15 is 0 Å². The first-order valence-electron chi connectivity index (χ1n) is 4.73. The van der Waals surface area contributed by atoms with Gasteiger partial charge in [-0.3, -0.25) is 4.79 Å². The van der Waals surface area contributed by atoms with Crippen molar-refractivity contribution in [2.45, 2.75) is 6.36 Å². The van der Waals surface area contributed by atoms with Gasteiger partial charge in [-0.25, -0.2) is 0 Å². The van der Waals surface area contributed by atoms with E-state index in [0.29, 0.717) is 17.1 Å². The molecule has 0 aliphatic heterocycles. The maximum atomic E-state index is 12.2. The molecule has 0 unspecified atom stereocenters. The van der Waals surface area contributed by atoms with Crippen LogP contribution in [-0.4, -0.2) is 12.6 Å². The van der Waals surface area contributed by atoms with Crippen molar-refractivity contribution in [3.8, 4) is 5.75 Å². The monoisotopic (exact) mass is 240 g/mol. The van der Waals surface area contributed by atoms with Gasteiger partial charge in [0.2, 0.25) is 0 Å². The first kappa shape index (κ1) is 11.4. The molecular formula is C12H7F3O2. The number of carbonyl (C=O) groups is 1. The van der Waals surface area contributed by atoms with Gasteiger partial charge in [0.05, 0.1) is 0 Å². The summed E-state index contributed by atoms with van der Waals surface area (Å²) in [7, 11) is 0. The number of alkyl halides is 3. The van der Waals surface area contributed by atoms with Gasteiger partial charge in [-0.1, -0.05) is 24.3 Å². The smallest absolute Gasteiger partial charge is 0.405 e. The molecule has 0 saturated carbocycles. The summed E-state index contributed by atoms with van der Waals surface area (Å²) in [5.74, 6) is -0.363. The lowest BCUT2D eigenvalue weighted by molar-refractivity contribution is -0.274. The topological polar surface area (TPSA) is 26.3 Å². The second-order valence-corrected chi connectivity index (χ2v) is 3.41. The van der Waals surface area contributed by atoms with E-state index in [2.05, 4.69) is 4.74 Å². The molecule has 0 aliphatic rings. The van der Waals surface area contributed by atoms with Crippen molar-refractivity contribution >= 4 is 17.1 Å². The molecule has 0 aliphatic carbocycles. The number of carbonyl (C=O) groups excluding carboxylic acids is 1. The molecule has 2 aromatic carbocycles. The summed E-state index contributed by atoms with van der Waals surface area (Å²) >= 11 is 0. The van der Waals surface area contributed by atoms with Crippen LogP contribution in [0.25, 0.3) is 10.8 Å². The summed E-state index contributed by atoms with van der Waals surface area (Å²) in [6.07, 6.45) is -4.29. The van der Waals surface area contributed by atoms with Gasteiger partial charge in [-0.05, 0) is 17.5 Å². The van der Waals surface area contributed by atoms with Gasteiger partial charge in [-0.2, -0.15) is 0 Å². The van der Waals surface area contributed by atoms with E-state index in [1.54, 1.807) is 18.2 Å². The van der Waals surface area contributed by atoms with Crippen molar-refractivity contribution in [2.24, 2.45) is 0 Å². The van der Waals surface area contributed by atoms with E-state index < -0.39 is 6.36 Å². The van der Waals surface area contributed by atoms with Crippen LogP contribution in [0.4, 0.5) is 13.2 Å². The fourth-order valence-corrected chi connectivity index (χ4v) is 1.57. The molecule has 0 amide bonds. The minimum Gasteiger partial charge on any atom is -0.405 e. The third-order valence-corrected chi connectivity index (χ3v) is 2.21. The molecule has 0 N–H and O–H groups in total. The normalized spacial score (nSPS) is 11.5. The Morgan fingerprint density at radius 1 is 1.12 bits per heavy atom. The predicted molar refractivity (Wildman–Crippen MR) is 56.0 cm³/mol. The summed E-state index contributed by atoms with van der Waals surface area (Å²) < 4.78 is 40.5. The van der Waals surface area contributed by atoms with Crippen molar-refractivity contribution in [3.63, 3.8) is 0 Å². The van der Waals surface area contributed by atoms with E-state index in [9.17, 15) is 18.0 Å². The highest BCUT2D eigenvalue weighted by Gasteiger charge is 2.31. The minimum atomic E-state index is -4.77. The van der Waals surface area contributed by atoms with E-state index in [-0.39, 0.29) is 11.3 Å². The van der Waals surface area contributed by atoms with Gasteiger partial charge in [-0.15, -0.1) is 13.2 Å². The Morgan fingerprint density at radius 3 is 2.47 bits per heavy atom. The second kappa shape index (κ2) is 4.08. The number of hydrogen-bond acceptors (Lipinski definition) is 2. The number of halogens is 3. The zero-order valence-corrected chi connectivity index (χ0v) is 8.49. The Labute approximate surface area is 94.6 Å². The van der Waals surface area contributed by atoms with Crippen LogP contribution in [0.15, 0.2) is 36.4 Å². The molecule has 0 saturated heterocycles. The van der Waals surface area contributed by atoms with Crippen molar-refractivity contribution in [2.75, 3.05) is 0 Å². The predicted octanol–water partition coefficient (Wildman–Crippen LogP) is 3.55. The second-order valence-electron chi connectivity index (χ2n) is 3.41. The first-order chi connectivity index (χ1) is 7.99. The Hall–Kier alpha value is -2.04. The SMILES string of the molecule is O=Cc1cc(OC(F)(F)F)c2ccccc2c1. The first-order valence-corrected chi connectivity index (χ1v) is 4.73. The highest BCUT2D eigenvalue weighted by atomic mass is 19.4. The molecular weight excluding hydrogens is 233 g/mol. The van der Waals surface area contributed by atoms with E-state index in [0.717, 1.165) is 6.07 Å². The van der Waals surface area contributed by atoms with E-state index in [1.807, 2.05) is 0 Å². The number of hydrogen-bond donors (Lipinski definition) is 0. The van der Waals surface area contributed by atoms with Crippen LogP contribution in [0.5, 0.6) is 5.75 Å². The maximum Gasteiger partial charge on any atom is 0.573 e. The van der Waals surface area contributed by atoms with Gasteiger partial charge >= 0.3 is 6.36 Å². The Bertz CT molecular complexity index is 561. The average Bonchev–Trinajstić information content (AvgIpc) is 2.26. The third-order valence-electron chi connectivity index (χ3n) is 2.21. The molecule has 2 nitrogen and oxygen atoms in total. The average molecular weight is 240 g/mol. The highest BCUT2D eigenvalue weighted by Crippen LogP contribution is 2.31. The van der Waals surface area contributed by atoms with E-state index in [1.165, 1.54) is 12.1 Å². The molecule has 2 aromatic rings. The number of benzene rings is 2. The molecule has 0 radical (unpaired) electrons. The molecule has 88 valence electrons. The van der Waals surface area contributed by atoms with Gasteiger partial charge in [0.15, 0.2) is 0 Å². The number of ether oxygens (including phenoxy) is 1. The van der Waals surface area contributed by atoms with Crippen LogP contribution in [0.1, 0.15) is 10.4 Å². The fraction of sp³-hybridized carbons (Fsp3) is 0.0833. The van der Waals surface area contributed by atoms with Crippen LogP contribution in [-0.2, 0) is 0 Å². The molecule has 17 heavy (non-hydrogen) atoms. The molecule has 0 bridgehead atoms. The Morgan fingerprint density at radius 2 is 1.82 bits per heavy atom. The lowest BCUT2D eigenvalue weighted by Crippen LogP contribution is -2.17. The Balaban J connectivity index is 2.62. The van der Waals surface area contributed by atoms with Crippen LogP contribution < -0.4 is 4.74 Å². The summed E-state index contributed by atoms with van der Waals surface area (Å²) in [6.45, 7) is 0. The van der Waals surface area contributed by atoms with Crippen molar-refractivity contribution < 1.29 is 22.7 Å². The quantitative estimate of drug-likeness (QED) is 0.750. The number of fused-ring (bicyclic) bond motifs is 1. The molecule has 0 atom stereocenters. The zero-order valence-electron chi connectivity index (χ0n) is 8.49. The highest BCUT2D eigenvalue weighted by molar-refractivity contribution is 5.93. The van der Waals surface area contributed by atoms with Crippen LogP contribution in [0.2, 0.25) is 0 Å². The third kappa shape index (κ3) is 2.55. The van der Waals surface area contributed by atoms with Crippen molar-refractivity contribution in [1.82, 2.24) is 0 Å². The summed E-state index contributed by atoms with van der Waals surface area (Å²) in [6, 6.07) is 8.98. The number of rotatable bonds is 2. The number of aldehydes is 1. The van der Waals surface area contributed by atoms with Gasteiger partial charge in [0.1, 0.15) is 12.0 Å². The van der Waals surface area contributed by atoms with E-state index in [4.69, 9.17) is 0 Å². The minimum absolute atomic E-state index is 0.142. The molecule has 5 heteroatoms. The van der Waals surface area contributed by atoms with Gasteiger partial charge in [0.25, 0.3) is 0 Å². The lowest BCUT2D eigenvalue weighted by atomic mass is 10.1. The fourth-order valence-electron chi connectivity index (χ4n) is 1.57.